The summed E-state index contributed by atoms with van der Waals surface area (Å²) in [5.74, 6) is 0. The molecule has 1 N–H and O–H groups in total. The van der Waals surface area contributed by atoms with Crippen molar-refractivity contribution in [2.75, 3.05) is 5.32 Å². The number of pyridine rings is 1. The number of nitriles is 1. The maximum atomic E-state index is 8.68. The largest absolute Gasteiger partial charge is 0.377 e. The van der Waals surface area contributed by atoms with Crippen LogP contribution in [-0.4, -0.2) is 4.98 Å². The summed E-state index contributed by atoms with van der Waals surface area (Å²) in [6.07, 6.45) is 1.67. The van der Waals surface area contributed by atoms with Gasteiger partial charge in [0.1, 0.15) is 11.8 Å². The molecule has 0 aliphatic carbocycles. The van der Waals surface area contributed by atoms with Gasteiger partial charge in [0.25, 0.3) is 0 Å². The molecule has 0 saturated carbocycles. The van der Waals surface area contributed by atoms with Gasteiger partial charge in [0, 0.05) is 10.5 Å². The van der Waals surface area contributed by atoms with Crippen molar-refractivity contribution in [3.8, 4) is 6.07 Å². The van der Waals surface area contributed by atoms with Crippen molar-refractivity contribution in [3.63, 3.8) is 0 Å². The highest BCUT2D eigenvalue weighted by molar-refractivity contribution is 9.10. The lowest BCUT2D eigenvalue weighted by Gasteiger charge is -2.15. The molecule has 90 valence electrons. The van der Waals surface area contributed by atoms with Crippen LogP contribution in [0.3, 0.4) is 0 Å². The van der Waals surface area contributed by atoms with Crippen LogP contribution in [0.2, 0.25) is 0 Å². The van der Waals surface area contributed by atoms with Gasteiger partial charge in [0.15, 0.2) is 0 Å². The maximum Gasteiger partial charge on any atom is 0.140 e. The number of rotatable bonds is 3. The van der Waals surface area contributed by atoms with E-state index in [-0.39, 0.29) is 6.04 Å². The molecule has 2 rings (SSSR count). The van der Waals surface area contributed by atoms with E-state index in [1.165, 1.54) is 5.56 Å². The van der Waals surface area contributed by atoms with E-state index in [1.54, 1.807) is 12.3 Å². The third kappa shape index (κ3) is 3.08. The quantitative estimate of drug-likeness (QED) is 0.935. The average Bonchev–Trinajstić information content (AvgIpc) is 2.40. The first-order valence-electron chi connectivity index (χ1n) is 5.57. The van der Waals surface area contributed by atoms with Crippen molar-refractivity contribution in [1.29, 1.82) is 5.26 Å². The molecule has 1 heterocycles. The summed E-state index contributed by atoms with van der Waals surface area (Å²) in [5.41, 5.74) is 2.53. The minimum Gasteiger partial charge on any atom is -0.377 e. The number of aromatic nitrogens is 1. The topological polar surface area (TPSA) is 48.7 Å². The van der Waals surface area contributed by atoms with Gasteiger partial charge < -0.3 is 5.32 Å². The monoisotopic (exact) mass is 301 g/mol. The van der Waals surface area contributed by atoms with E-state index >= 15 is 0 Å². The average molecular weight is 302 g/mol. The predicted molar refractivity (Wildman–Crippen MR) is 75.1 cm³/mol. The number of hydrogen-bond donors (Lipinski definition) is 1. The summed E-state index contributed by atoms with van der Waals surface area (Å²) in [4.78, 5) is 4.03. The molecule has 0 aliphatic heterocycles. The van der Waals surface area contributed by atoms with Crippen LogP contribution in [0.5, 0.6) is 0 Å². The van der Waals surface area contributed by atoms with Gasteiger partial charge in [-0.15, -0.1) is 0 Å². The number of anilines is 1. The highest BCUT2D eigenvalue weighted by atomic mass is 79.9. The third-order valence-electron chi connectivity index (χ3n) is 2.63. The number of benzene rings is 1. The summed E-state index contributed by atoms with van der Waals surface area (Å²) in [6, 6.07) is 13.9. The van der Waals surface area contributed by atoms with Crippen molar-refractivity contribution in [3.05, 3.63) is 58.3 Å². The second-order valence-electron chi connectivity index (χ2n) is 3.96. The Hall–Kier alpha value is -1.86. The van der Waals surface area contributed by atoms with Crippen molar-refractivity contribution in [2.45, 2.75) is 13.0 Å². The molecule has 0 aliphatic rings. The van der Waals surface area contributed by atoms with E-state index in [4.69, 9.17) is 5.26 Å². The lowest BCUT2D eigenvalue weighted by atomic mass is 10.1. The lowest BCUT2D eigenvalue weighted by molar-refractivity contribution is 0.882. The zero-order valence-electron chi connectivity index (χ0n) is 9.89. The standard InChI is InChI=1S/C14H12BrN3/c1-10(11-2-4-12(15)5-3-11)18-14-7-6-13(8-16)17-9-14/h2-7,9-10,18H,1H3. The van der Waals surface area contributed by atoms with Crippen LogP contribution in [0.25, 0.3) is 0 Å². The van der Waals surface area contributed by atoms with E-state index in [0.29, 0.717) is 5.69 Å². The normalized spacial score (nSPS) is 11.6. The number of halogens is 1. The summed E-state index contributed by atoms with van der Waals surface area (Å²) >= 11 is 3.42. The Morgan fingerprint density at radius 1 is 1.22 bits per heavy atom. The molecule has 0 bridgehead atoms. The van der Waals surface area contributed by atoms with Gasteiger partial charge in [0.05, 0.1) is 11.9 Å². The molecule has 18 heavy (non-hydrogen) atoms. The Morgan fingerprint density at radius 3 is 2.50 bits per heavy atom. The molecule has 2 aromatic rings. The molecule has 1 unspecified atom stereocenters. The minimum absolute atomic E-state index is 0.188. The van der Waals surface area contributed by atoms with E-state index in [0.717, 1.165) is 10.2 Å². The first-order valence-corrected chi connectivity index (χ1v) is 6.36. The zero-order valence-corrected chi connectivity index (χ0v) is 11.5. The SMILES string of the molecule is CC(Nc1ccc(C#N)nc1)c1ccc(Br)cc1. The second kappa shape index (κ2) is 5.65. The molecule has 1 atom stereocenters. The third-order valence-corrected chi connectivity index (χ3v) is 3.16. The van der Waals surface area contributed by atoms with Crippen LogP contribution in [0.1, 0.15) is 24.2 Å². The highest BCUT2D eigenvalue weighted by Crippen LogP contribution is 2.20. The van der Waals surface area contributed by atoms with Crippen molar-refractivity contribution in [2.24, 2.45) is 0 Å². The summed E-state index contributed by atoms with van der Waals surface area (Å²) in [7, 11) is 0. The van der Waals surface area contributed by atoms with Crippen LogP contribution < -0.4 is 5.32 Å². The fraction of sp³-hybridized carbons (Fsp3) is 0.143. The number of hydrogen-bond acceptors (Lipinski definition) is 3. The zero-order chi connectivity index (χ0) is 13.0. The van der Waals surface area contributed by atoms with E-state index in [9.17, 15) is 0 Å². The fourth-order valence-electron chi connectivity index (χ4n) is 1.63. The smallest absolute Gasteiger partial charge is 0.140 e. The van der Waals surface area contributed by atoms with Crippen molar-refractivity contribution in [1.82, 2.24) is 4.98 Å². The lowest BCUT2D eigenvalue weighted by Crippen LogP contribution is -2.06. The molecule has 1 aromatic carbocycles. The summed E-state index contributed by atoms with van der Waals surface area (Å²) in [6.45, 7) is 2.08. The highest BCUT2D eigenvalue weighted by Gasteiger charge is 2.05. The van der Waals surface area contributed by atoms with Gasteiger partial charge in [-0.1, -0.05) is 28.1 Å². The van der Waals surface area contributed by atoms with Crippen LogP contribution >= 0.6 is 15.9 Å². The number of nitrogens with zero attached hydrogens (tertiary/aromatic N) is 2. The Balaban J connectivity index is 2.08. The molecule has 0 spiro atoms. The van der Waals surface area contributed by atoms with Crippen LogP contribution in [-0.2, 0) is 0 Å². The molecule has 0 radical (unpaired) electrons. The molecule has 3 nitrogen and oxygen atoms in total. The first kappa shape index (κ1) is 12.6. The Kier molecular flexibility index (Phi) is 3.96. The number of nitrogens with one attached hydrogen (secondary N) is 1. The minimum atomic E-state index is 0.188. The summed E-state index contributed by atoms with van der Waals surface area (Å²) in [5, 5.41) is 12.0. The van der Waals surface area contributed by atoms with Crippen LogP contribution in [0.15, 0.2) is 47.1 Å². The molecular formula is C14H12BrN3. The molecular weight excluding hydrogens is 290 g/mol. The predicted octanol–water partition coefficient (Wildman–Crippen LogP) is 3.89. The van der Waals surface area contributed by atoms with Gasteiger partial charge in [-0.3, -0.25) is 0 Å². The van der Waals surface area contributed by atoms with E-state index in [2.05, 4.69) is 45.3 Å². The van der Waals surface area contributed by atoms with Crippen molar-refractivity contribution < 1.29 is 0 Å². The van der Waals surface area contributed by atoms with Gasteiger partial charge in [-0.25, -0.2) is 4.98 Å². The molecule has 0 fully saturated rings. The molecule has 0 saturated heterocycles. The Morgan fingerprint density at radius 2 is 1.94 bits per heavy atom. The van der Waals surface area contributed by atoms with Gasteiger partial charge in [-0.05, 0) is 36.8 Å². The maximum absolute atomic E-state index is 8.68. The van der Waals surface area contributed by atoms with Crippen molar-refractivity contribution >= 4 is 21.6 Å². The molecule has 1 aromatic heterocycles. The second-order valence-corrected chi connectivity index (χ2v) is 4.88. The summed E-state index contributed by atoms with van der Waals surface area (Å²) < 4.78 is 1.07. The Bertz CT molecular complexity index is 555. The van der Waals surface area contributed by atoms with E-state index < -0.39 is 0 Å². The van der Waals surface area contributed by atoms with Gasteiger partial charge >= 0.3 is 0 Å². The van der Waals surface area contributed by atoms with E-state index in [1.807, 2.05) is 24.3 Å². The first-order chi connectivity index (χ1) is 8.69. The van der Waals surface area contributed by atoms with Gasteiger partial charge in [-0.2, -0.15) is 5.26 Å². The Labute approximate surface area is 115 Å². The fourth-order valence-corrected chi connectivity index (χ4v) is 1.89. The molecule has 0 amide bonds. The van der Waals surface area contributed by atoms with Crippen LogP contribution in [0.4, 0.5) is 5.69 Å². The van der Waals surface area contributed by atoms with Crippen LogP contribution in [0, 0.1) is 11.3 Å². The van der Waals surface area contributed by atoms with Gasteiger partial charge in [0.2, 0.25) is 0 Å². The molecule has 4 heteroatoms.